The van der Waals surface area contributed by atoms with E-state index in [2.05, 4.69) is 9.88 Å². The highest BCUT2D eigenvalue weighted by atomic mass is 32.2. The van der Waals surface area contributed by atoms with Crippen LogP contribution in [0.5, 0.6) is 0 Å². The van der Waals surface area contributed by atoms with Crippen molar-refractivity contribution < 1.29 is 27.1 Å². The molecule has 2 aliphatic heterocycles. The highest BCUT2D eigenvalue weighted by molar-refractivity contribution is 7.90. The summed E-state index contributed by atoms with van der Waals surface area (Å²) in [5.74, 6) is -1.13. The van der Waals surface area contributed by atoms with Crippen molar-refractivity contribution in [1.82, 2.24) is 19.4 Å². The Balaban J connectivity index is 1.42. The van der Waals surface area contributed by atoms with Gasteiger partial charge in [0.1, 0.15) is 5.82 Å². The summed E-state index contributed by atoms with van der Waals surface area (Å²) < 4.78 is 54.5. The first-order chi connectivity index (χ1) is 19.9. The molecule has 0 saturated carbocycles. The molecule has 2 aromatic carbocycles. The predicted molar refractivity (Wildman–Crippen MR) is 151 cm³/mol. The maximum atomic E-state index is 14.4. The number of carbonyl (C=O) groups excluding carboxylic acids is 1. The first-order valence-electron chi connectivity index (χ1n) is 14.1. The van der Waals surface area contributed by atoms with Gasteiger partial charge < -0.3 is 18.9 Å². The number of carbonyl (C=O) groups is 1. The fourth-order valence-corrected chi connectivity index (χ4v) is 6.81. The van der Waals surface area contributed by atoms with Crippen molar-refractivity contribution >= 4 is 15.7 Å². The number of rotatable bonds is 12. The molecular weight excluding hydrogens is 547 g/mol. The van der Waals surface area contributed by atoms with Crippen LogP contribution in [0.4, 0.5) is 4.39 Å². The van der Waals surface area contributed by atoms with Crippen LogP contribution in [0.25, 0.3) is 0 Å². The Morgan fingerprint density at radius 2 is 1.80 bits per heavy atom. The number of benzene rings is 2. The van der Waals surface area contributed by atoms with Gasteiger partial charge in [-0.15, -0.1) is 0 Å². The van der Waals surface area contributed by atoms with E-state index in [1.165, 1.54) is 24.4 Å². The molecule has 2 fully saturated rings. The first kappa shape index (κ1) is 29.4. The molecule has 0 spiro atoms. The minimum Gasteiger partial charge on any atom is -0.379 e. The number of morpholine rings is 1. The van der Waals surface area contributed by atoms with E-state index >= 15 is 0 Å². The lowest BCUT2D eigenvalue weighted by atomic mass is 10.1. The fourth-order valence-electron chi connectivity index (χ4n) is 5.30. The quantitative estimate of drug-likeness (QED) is 0.323. The minimum absolute atomic E-state index is 0.0508. The van der Waals surface area contributed by atoms with E-state index in [0.29, 0.717) is 45.1 Å². The Morgan fingerprint density at radius 3 is 2.54 bits per heavy atom. The zero-order chi connectivity index (χ0) is 28.7. The van der Waals surface area contributed by atoms with Crippen molar-refractivity contribution in [3.63, 3.8) is 0 Å². The Bertz CT molecular complexity index is 1400. The van der Waals surface area contributed by atoms with E-state index in [1.807, 2.05) is 30.3 Å². The third-order valence-electron chi connectivity index (χ3n) is 7.59. The molecule has 1 aromatic heterocycles. The number of imidazole rings is 1. The van der Waals surface area contributed by atoms with Crippen LogP contribution in [0, 0.1) is 5.82 Å². The summed E-state index contributed by atoms with van der Waals surface area (Å²) in [5.41, 5.74) is 1.61. The molecule has 1 unspecified atom stereocenters. The Hall–Kier alpha value is -3.12. The molecule has 220 valence electrons. The van der Waals surface area contributed by atoms with Crippen molar-refractivity contribution in [2.45, 2.75) is 49.4 Å². The predicted octanol–water partition coefficient (Wildman–Crippen LogP) is 3.08. The largest absolute Gasteiger partial charge is 0.379 e. The Kier molecular flexibility index (Phi) is 9.81. The van der Waals surface area contributed by atoms with Gasteiger partial charge in [0.05, 0.1) is 56.5 Å². The summed E-state index contributed by atoms with van der Waals surface area (Å²) in [5, 5.41) is -0.130. The van der Waals surface area contributed by atoms with E-state index in [4.69, 9.17) is 9.47 Å². The Labute approximate surface area is 240 Å². The van der Waals surface area contributed by atoms with Crippen LogP contribution in [-0.2, 0) is 49.4 Å². The fraction of sp³-hybridized carbons (Fsp3) is 0.467. The van der Waals surface area contributed by atoms with Crippen molar-refractivity contribution in [3.8, 4) is 0 Å². The summed E-state index contributed by atoms with van der Waals surface area (Å²) in [4.78, 5) is 22.0. The zero-order valence-corrected chi connectivity index (χ0v) is 24.0. The first-order valence-corrected chi connectivity index (χ1v) is 15.8. The van der Waals surface area contributed by atoms with Crippen LogP contribution in [-0.4, -0.2) is 85.8 Å². The highest BCUT2D eigenvalue weighted by Gasteiger charge is 2.29. The maximum Gasteiger partial charge on any atom is 0.228 e. The maximum absolute atomic E-state index is 14.4. The monoisotopic (exact) mass is 584 g/mol. The summed E-state index contributed by atoms with van der Waals surface area (Å²) in [7, 11) is -3.99. The van der Waals surface area contributed by atoms with Crippen LogP contribution in [0.1, 0.15) is 29.7 Å². The van der Waals surface area contributed by atoms with Crippen LogP contribution in [0.3, 0.4) is 0 Å². The second-order valence-electron chi connectivity index (χ2n) is 10.6. The number of nitrogens with zero attached hydrogens (tertiary/aromatic N) is 4. The normalized spacial score (nSPS) is 18.0. The van der Waals surface area contributed by atoms with E-state index in [1.54, 1.807) is 15.5 Å². The van der Waals surface area contributed by atoms with Gasteiger partial charge in [-0.3, -0.25) is 9.69 Å². The molecule has 0 N–H and O–H groups in total. The van der Waals surface area contributed by atoms with Crippen molar-refractivity contribution in [1.29, 1.82) is 0 Å². The average molecular weight is 585 g/mol. The van der Waals surface area contributed by atoms with E-state index in [-0.39, 0.29) is 35.7 Å². The third kappa shape index (κ3) is 7.79. The number of sulfone groups is 1. The average Bonchev–Trinajstić information content (AvgIpc) is 3.64. The van der Waals surface area contributed by atoms with Gasteiger partial charge >= 0.3 is 0 Å². The lowest BCUT2D eigenvalue weighted by Crippen LogP contribution is -2.43. The van der Waals surface area contributed by atoms with Crippen LogP contribution < -0.4 is 0 Å². The lowest BCUT2D eigenvalue weighted by molar-refractivity contribution is -0.131. The molecule has 3 aromatic rings. The second-order valence-corrected chi connectivity index (χ2v) is 12.4. The number of ether oxygens (including phenoxy) is 2. The number of amides is 1. The van der Waals surface area contributed by atoms with Gasteiger partial charge in [-0.1, -0.05) is 48.5 Å². The zero-order valence-electron chi connectivity index (χ0n) is 23.2. The van der Waals surface area contributed by atoms with Crippen LogP contribution >= 0.6 is 0 Å². The lowest BCUT2D eigenvalue weighted by Gasteiger charge is -2.30. The molecule has 0 bridgehead atoms. The molecular formula is C30H37FN4O5S. The molecule has 1 atom stereocenters. The molecule has 2 aliphatic rings. The summed E-state index contributed by atoms with van der Waals surface area (Å²) in [6.45, 7) is 5.21. The number of hydrogen-bond donors (Lipinski definition) is 0. The van der Waals surface area contributed by atoms with Crippen molar-refractivity contribution in [3.05, 3.63) is 83.4 Å². The molecule has 5 rings (SSSR count). The number of halogens is 1. The molecule has 9 nitrogen and oxygen atoms in total. The van der Waals surface area contributed by atoms with Gasteiger partial charge in [-0.2, -0.15) is 0 Å². The smallest absolute Gasteiger partial charge is 0.228 e. The molecule has 0 radical (unpaired) electrons. The molecule has 3 heterocycles. The minimum atomic E-state index is -3.99. The van der Waals surface area contributed by atoms with Gasteiger partial charge in [0, 0.05) is 38.3 Å². The Morgan fingerprint density at radius 1 is 1.05 bits per heavy atom. The standard InChI is InChI=1S/C30H37FN4O5S/c31-28-11-5-4-9-25(28)23-41(37,38)30-32-20-26(35(30)22-27-10-6-16-40-27)21-34(13-12-33-14-17-39-18-15-33)29(36)19-24-7-2-1-3-8-24/h1-5,7-9,11,20,27H,6,10,12-19,21-23H2. The summed E-state index contributed by atoms with van der Waals surface area (Å²) >= 11 is 0. The molecule has 11 heteroatoms. The molecule has 41 heavy (non-hydrogen) atoms. The number of hydrogen-bond acceptors (Lipinski definition) is 7. The summed E-state index contributed by atoms with van der Waals surface area (Å²) in [6.07, 6.45) is 3.31. The molecule has 2 saturated heterocycles. The van der Waals surface area contributed by atoms with E-state index < -0.39 is 21.4 Å². The molecule has 0 aliphatic carbocycles. The SMILES string of the molecule is O=C(Cc1ccccc1)N(CCN1CCOCC1)Cc1cnc(S(=O)(=O)Cc2ccccc2F)n1CC1CCCO1. The highest BCUT2D eigenvalue weighted by Crippen LogP contribution is 2.23. The van der Waals surface area contributed by atoms with Crippen LogP contribution in [0.2, 0.25) is 0 Å². The topological polar surface area (TPSA) is 94.0 Å². The van der Waals surface area contributed by atoms with E-state index in [0.717, 1.165) is 31.5 Å². The molecule has 1 amide bonds. The van der Waals surface area contributed by atoms with Crippen LogP contribution in [0.15, 0.2) is 66.0 Å². The van der Waals surface area contributed by atoms with Gasteiger partial charge in [0.25, 0.3) is 0 Å². The summed E-state index contributed by atoms with van der Waals surface area (Å²) in [6, 6.07) is 15.4. The van der Waals surface area contributed by atoms with Gasteiger partial charge in [-0.25, -0.2) is 17.8 Å². The number of aromatic nitrogens is 2. The van der Waals surface area contributed by atoms with E-state index in [9.17, 15) is 17.6 Å². The van der Waals surface area contributed by atoms with Crippen molar-refractivity contribution in [2.75, 3.05) is 46.0 Å². The second kappa shape index (κ2) is 13.7. The van der Waals surface area contributed by atoms with Gasteiger partial charge in [-0.05, 0) is 24.5 Å². The third-order valence-corrected chi connectivity index (χ3v) is 9.16. The van der Waals surface area contributed by atoms with Gasteiger partial charge in [0.2, 0.25) is 20.9 Å². The van der Waals surface area contributed by atoms with Gasteiger partial charge in [0.15, 0.2) is 0 Å². The van der Waals surface area contributed by atoms with Crippen molar-refractivity contribution in [2.24, 2.45) is 0 Å².